The molecule has 1 saturated carbocycles. The van der Waals surface area contributed by atoms with Crippen molar-refractivity contribution in [2.24, 2.45) is 5.92 Å². The molecule has 1 amide bonds. The molecule has 162 valence electrons. The topological polar surface area (TPSA) is 90.7 Å². The van der Waals surface area contributed by atoms with Gasteiger partial charge in [0.1, 0.15) is 23.7 Å². The highest BCUT2D eigenvalue weighted by molar-refractivity contribution is 5.99. The first kappa shape index (κ1) is 20.9. The van der Waals surface area contributed by atoms with E-state index in [1.165, 1.54) is 0 Å². The number of nitrogens with one attached hydrogen (secondary N) is 1. The van der Waals surface area contributed by atoms with Gasteiger partial charge in [0, 0.05) is 6.04 Å². The smallest absolute Gasteiger partial charge is 0.342 e. The molecular weight excluding hydrogens is 396 g/mol. The van der Waals surface area contributed by atoms with Crippen LogP contribution in [0.5, 0.6) is 5.75 Å². The number of carbonyl (C=O) groups excluding carboxylic acids is 2. The number of carbonyl (C=O) groups is 2. The number of ether oxygens (including phenoxy) is 2. The van der Waals surface area contributed by atoms with Crippen molar-refractivity contribution < 1.29 is 23.6 Å². The van der Waals surface area contributed by atoms with E-state index >= 15 is 0 Å². The minimum absolute atomic E-state index is 0.0980. The molecule has 0 unspecified atom stereocenters. The highest BCUT2D eigenvalue weighted by atomic mass is 16.5. The Hall–Kier alpha value is -3.35. The summed E-state index contributed by atoms with van der Waals surface area (Å²) >= 11 is 0. The number of fused-ring (bicyclic) bond motifs is 1. The number of nitrogens with zero attached hydrogens (tertiary/aromatic N) is 1. The van der Waals surface area contributed by atoms with Crippen LogP contribution < -0.4 is 10.1 Å². The van der Waals surface area contributed by atoms with Crippen LogP contribution in [0.2, 0.25) is 0 Å². The van der Waals surface area contributed by atoms with E-state index in [0.717, 1.165) is 34.9 Å². The van der Waals surface area contributed by atoms with Gasteiger partial charge in [-0.25, -0.2) is 4.79 Å². The van der Waals surface area contributed by atoms with Crippen molar-refractivity contribution in [1.29, 1.82) is 0 Å². The summed E-state index contributed by atoms with van der Waals surface area (Å²) < 4.78 is 16.5. The Labute approximate surface area is 180 Å². The maximum absolute atomic E-state index is 12.8. The summed E-state index contributed by atoms with van der Waals surface area (Å²) in [6, 6.07) is 11.3. The van der Waals surface area contributed by atoms with Crippen LogP contribution in [0.3, 0.4) is 0 Å². The van der Waals surface area contributed by atoms with Gasteiger partial charge in [0.25, 0.3) is 5.91 Å². The molecule has 0 saturated heterocycles. The number of hydrogen-bond donors (Lipinski definition) is 1. The second-order valence-electron chi connectivity index (χ2n) is 8.06. The molecule has 0 aliphatic heterocycles. The predicted molar refractivity (Wildman–Crippen MR) is 115 cm³/mol. The number of esters is 1. The summed E-state index contributed by atoms with van der Waals surface area (Å²) in [5.41, 5.74) is 1.85. The van der Waals surface area contributed by atoms with Crippen molar-refractivity contribution in [1.82, 2.24) is 10.5 Å². The molecule has 31 heavy (non-hydrogen) atoms. The highest BCUT2D eigenvalue weighted by Crippen LogP contribution is 2.32. The Bertz CT molecular complexity index is 1100. The van der Waals surface area contributed by atoms with Crippen LogP contribution in [-0.4, -0.2) is 29.7 Å². The van der Waals surface area contributed by atoms with Gasteiger partial charge in [-0.1, -0.05) is 29.4 Å². The average Bonchev–Trinajstić information content (AvgIpc) is 3.56. The van der Waals surface area contributed by atoms with Crippen LogP contribution >= 0.6 is 0 Å². The molecule has 2 aromatic carbocycles. The Kier molecular flexibility index (Phi) is 5.93. The highest BCUT2D eigenvalue weighted by Gasteiger charge is 2.29. The van der Waals surface area contributed by atoms with E-state index < -0.39 is 5.97 Å². The number of rotatable bonds is 8. The standard InChI is InChI=1S/C24H26N2O5/c1-14(17-8-9-17)25-23(27)13-30-24(28)20-10-18-6-4-5-7-19(18)11-22(20)29-12-21-15(2)26-31-16(21)3/h4-7,10-11,14,17H,8-9,12-13H2,1-3H3,(H,25,27)/t14-/m1/s1. The monoisotopic (exact) mass is 422 g/mol. The maximum Gasteiger partial charge on any atom is 0.342 e. The van der Waals surface area contributed by atoms with Gasteiger partial charge < -0.3 is 19.3 Å². The summed E-state index contributed by atoms with van der Waals surface area (Å²) in [6.07, 6.45) is 2.26. The largest absolute Gasteiger partial charge is 0.488 e. The number of hydrogen-bond acceptors (Lipinski definition) is 6. The second kappa shape index (κ2) is 8.79. The fourth-order valence-corrected chi connectivity index (χ4v) is 3.57. The van der Waals surface area contributed by atoms with Crippen LogP contribution in [-0.2, 0) is 16.1 Å². The molecule has 7 nitrogen and oxygen atoms in total. The van der Waals surface area contributed by atoms with E-state index in [-0.39, 0.29) is 30.7 Å². The van der Waals surface area contributed by atoms with Gasteiger partial charge in [0.05, 0.1) is 11.3 Å². The molecule has 4 rings (SSSR count). The Morgan fingerprint density at radius 2 is 1.90 bits per heavy atom. The molecule has 0 radical (unpaired) electrons. The molecule has 1 atom stereocenters. The van der Waals surface area contributed by atoms with Crippen LogP contribution in [0, 0.1) is 19.8 Å². The quantitative estimate of drug-likeness (QED) is 0.550. The molecule has 1 N–H and O–H groups in total. The van der Waals surface area contributed by atoms with E-state index in [1.54, 1.807) is 12.1 Å². The zero-order valence-electron chi connectivity index (χ0n) is 17.9. The van der Waals surface area contributed by atoms with Gasteiger partial charge in [-0.2, -0.15) is 0 Å². The minimum atomic E-state index is -0.603. The van der Waals surface area contributed by atoms with Gasteiger partial charge in [0.15, 0.2) is 6.61 Å². The fourth-order valence-electron chi connectivity index (χ4n) is 3.57. The Morgan fingerprint density at radius 3 is 2.55 bits per heavy atom. The van der Waals surface area contributed by atoms with Crippen LogP contribution in [0.1, 0.15) is 47.1 Å². The van der Waals surface area contributed by atoms with E-state index in [2.05, 4.69) is 10.5 Å². The summed E-state index contributed by atoms with van der Waals surface area (Å²) in [5, 5.41) is 8.63. The molecule has 1 aliphatic rings. The molecule has 1 aliphatic carbocycles. The first-order chi connectivity index (χ1) is 14.9. The van der Waals surface area contributed by atoms with Gasteiger partial charge >= 0.3 is 5.97 Å². The van der Waals surface area contributed by atoms with Crippen molar-refractivity contribution >= 4 is 22.6 Å². The summed E-state index contributed by atoms with van der Waals surface area (Å²) in [7, 11) is 0. The lowest BCUT2D eigenvalue weighted by molar-refractivity contribution is -0.125. The van der Waals surface area contributed by atoms with Gasteiger partial charge in [-0.05, 0) is 62.4 Å². The van der Waals surface area contributed by atoms with Gasteiger partial charge in [-0.3, -0.25) is 4.79 Å². The van der Waals surface area contributed by atoms with Gasteiger partial charge in [-0.15, -0.1) is 0 Å². The molecule has 1 aromatic heterocycles. The van der Waals surface area contributed by atoms with Crippen LogP contribution in [0.15, 0.2) is 40.9 Å². The normalized spacial score (nSPS) is 14.3. The number of aryl methyl sites for hydroxylation is 2. The van der Waals surface area contributed by atoms with Crippen LogP contribution in [0.25, 0.3) is 10.8 Å². The third-order valence-electron chi connectivity index (χ3n) is 5.67. The van der Waals surface area contributed by atoms with Crippen molar-refractivity contribution in [2.75, 3.05) is 6.61 Å². The zero-order valence-corrected chi connectivity index (χ0v) is 17.9. The number of aromatic nitrogens is 1. The fraction of sp³-hybridized carbons (Fsp3) is 0.375. The van der Waals surface area contributed by atoms with Crippen molar-refractivity contribution in [3.63, 3.8) is 0 Å². The van der Waals surface area contributed by atoms with E-state index in [9.17, 15) is 9.59 Å². The maximum atomic E-state index is 12.8. The lowest BCUT2D eigenvalue weighted by Gasteiger charge is -2.14. The molecule has 3 aromatic rings. The van der Waals surface area contributed by atoms with Crippen molar-refractivity contribution in [2.45, 2.75) is 46.3 Å². The number of benzene rings is 2. The number of amides is 1. The SMILES string of the molecule is Cc1noc(C)c1COc1cc2ccccc2cc1C(=O)OCC(=O)N[C@H](C)C1CC1. The first-order valence-corrected chi connectivity index (χ1v) is 10.5. The minimum Gasteiger partial charge on any atom is -0.488 e. The lowest BCUT2D eigenvalue weighted by atomic mass is 10.1. The Balaban J connectivity index is 1.51. The van der Waals surface area contributed by atoms with E-state index in [4.69, 9.17) is 14.0 Å². The molecule has 7 heteroatoms. The van der Waals surface area contributed by atoms with E-state index in [1.807, 2.05) is 45.0 Å². The third-order valence-corrected chi connectivity index (χ3v) is 5.67. The van der Waals surface area contributed by atoms with Crippen molar-refractivity contribution in [3.05, 3.63) is 59.0 Å². The van der Waals surface area contributed by atoms with Gasteiger partial charge in [0.2, 0.25) is 0 Å². The first-order valence-electron chi connectivity index (χ1n) is 10.5. The molecule has 1 heterocycles. The average molecular weight is 422 g/mol. The molecular formula is C24H26N2O5. The van der Waals surface area contributed by atoms with Crippen LogP contribution in [0.4, 0.5) is 0 Å². The summed E-state index contributed by atoms with van der Waals surface area (Å²) in [6.45, 7) is 5.51. The van der Waals surface area contributed by atoms with Crippen molar-refractivity contribution in [3.8, 4) is 5.75 Å². The molecule has 0 spiro atoms. The summed E-state index contributed by atoms with van der Waals surface area (Å²) in [4.78, 5) is 25.0. The lowest BCUT2D eigenvalue weighted by Crippen LogP contribution is -2.37. The van der Waals surface area contributed by atoms with E-state index in [0.29, 0.717) is 17.4 Å². The zero-order chi connectivity index (χ0) is 22.0. The Morgan fingerprint density at radius 1 is 1.19 bits per heavy atom. The molecule has 0 bridgehead atoms. The third kappa shape index (κ3) is 4.87. The second-order valence-corrected chi connectivity index (χ2v) is 8.06. The molecule has 1 fully saturated rings. The summed E-state index contributed by atoms with van der Waals surface area (Å²) in [5.74, 6) is 0.685. The predicted octanol–water partition coefficient (Wildman–Crippen LogP) is 4.10.